The van der Waals surface area contributed by atoms with Crippen LogP contribution in [-0.2, 0) is 0 Å². The van der Waals surface area contributed by atoms with E-state index in [1.807, 2.05) is 0 Å². The van der Waals surface area contributed by atoms with Crippen molar-refractivity contribution in [3.8, 4) is 0 Å². The predicted molar refractivity (Wildman–Crippen MR) is 48.0 cm³/mol. The quantitative estimate of drug-likeness (QED) is 0.298. The van der Waals surface area contributed by atoms with Gasteiger partial charge in [-0.3, -0.25) is 0 Å². The molecule has 0 nitrogen and oxygen atoms in total. The van der Waals surface area contributed by atoms with E-state index in [0.717, 1.165) is 0 Å². The van der Waals surface area contributed by atoms with E-state index < -0.39 is 6.00 Å². The van der Waals surface area contributed by atoms with Crippen LogP contribution in [0, 0.1) is 0 Å². The van der Waals surface area contributed by atoms with Gasteiger partial charge in [-0.25, -0.2) is 0 Å². The first kappa shape index (κ1) is 10.1. The Morgan fingerprint density at radius 3 is 2.00 bits per heavy atom. The van der Waals surface area contributed by atoms with Crippen LogP contribution < -0.4 is 0 Å². The summed E-state index contributed by atoms with van der Waals surface area (Å²) in [6.07, 6.45) is 3.57. The summed E-state index contributed by atoms with van der Waals surface area (Å²) in [6.45, 7) is 0. The first-order valence-corrected chi connectivity index (χ1v) is 8.11. The van der Waals surface area contributed by atoms with Crippen molar-refractivity contribution in [2.45, 2.75) is 6.04 Å². The van der Waals surface area contributed by atoms with Crippen molar-refractivity contribution >= 4 is 50.8 Å². The molecule has 0 unspecified atom stereocenters. The molecule has 0 saturated carbocycles. The Bertz CT molecular complexity index is 95.2. The average Bonchev–Trinajstić information content (AvgIpc) is 1.63. The van der Waals surface area contributed by atoms with Gasteiger partial charge in [0, 0.05) is 11.9 Å². The topological polar surface area (TPSA) is 0 Å². The Balaban J connectivity index is 3.38. The number of allylic oxidation sites excluding steroid dienone is 2. The van der Waals surface area contributed by atoms with Crippen LogP contribution in [0.4, 0.5) is 0 Å². The first-order chi connectivity index (χ1) is 4.06. The van der Waals surface area contributed by atoms with E-state index in [-0.39, 0.29) is 0 Å². The SMILES string of the molecule is ClC/C=C/C[Si](Cl)(Cl)Cl. The molecule has 0 spiro atoms. The molecular weight excluding hydrogens is 218 g/mol. The predicted octanol–water partition coefficient (Wildman–Crippen LogP) is 3.44. The molecular formula is C4H6Cl4Si. The van der Waals surface area contributed by atoms with Crippen molar-refractivity contribution in [1.82, 2.24) is 0 Å². The van der Waals surface area contributed by atoms with E-state index in [9.17, 15) is 0 Å². The zero-order valence-electron chi connectivity index (χ0n) is 4.58. The third-order valence-electron chi connectivity index (χ3n) is 0.605. The van der Waals surface area contributed by atoms with Crippen LogP contribution in [0.2, 0.25) is 6.04 Å². The average molecular weight is 224 g/mol. The summed E-state index contributed by atoms with van der Waals surface area (Å²) < 4.78 is 0. The van der Waals surface area contributed by atoms with Crippen LogP contribution in [0.25, 0.3) is 0 Å². The molecule has 0 radical (unpaired) electrons. The van der Waals surface area contributed by atoms with Crippen LogP contribution in [0.3, 0.4) is 0 Å². The molecule has 0 heterocycles. The molecule has 0 fully saturated rings. The third-order valence-corrected chi connectivity index (χ3v) is 2.87. The summed E-state index contributed by atoms with van der Waals surface area (Å²) in [5, 5.41) is 0. The van der Waals surface area contributed by atoms with Gasteiger partial charge in [-0.15, -0.1) is 44.8 Å². The van der Waals surface area contributed by atoms with E-state index in [2.05, 4.69) is 0 Å². The number of rotatable bonds is 3. The summed E-state index contributed by atoms with van der Waals surface area (Å²) in [4.78, 5) is 0. The minimum absolute atomic E-state index is 0.481. The Kier molecular flexibility index (Phi) is 5.46. The molecule has 0 amide bonds. The van der Waals surface area contributed by atoms with E-state index in [0.29, 0.717) is 11.9 Å². The second kappa shape index (κ2) is 4.86. The summed E-state index contributed by atoms with van der Waals surface area (Å²) in [5.74, 6) is 0.481. The van der Waals surface area contributed by atoms with Gasteiger partial charge < -0.3 is 0 Å². The van der Waals surface area contributed by atoms with E-state index >= 15 is 0 Å². The van der Waals surface area contributed by atoms with E-state index in [4.69, 9.17) is 44.8 Å². The highest BCUT2D eigenvalue weighted by Crippen LogP contribution is 2.24. The lowest BCUT2D eigenvalue weighted by atomic mass is 10.6. The molecule has 0 aromatic carbocycles. The molecule has 0 aromatic rings. The number of halogens is 4. The van der Waals surface area contributed by atoms with Gasteiger partial charge in [-0.2, -0.15) is 0 Å². The van der Waals surface area contributed by atoms with Crippen molar-refractivity contribution in [2.24, 2.45) is 0 Å². The fourth-order valence-electron chi connectivity index (χ4n) is 0.280. The van der Waals surface area contributed by atoms with Crippen molar-refractivity contribution in [3.63, 3.8) is 0 Å². The largest absolute Gasteiger partial charge is 0.344 e. The molecule has 5 heteroatoms. The Hall–Kier alpha value is 1.12. The van der Waals surface area contributed by atoms with Crippen LogP contribution in [-0.4, -0.2) is 11.9 Å². The van der Waals surface area contributed by atoms with E-state index in [1.165, 1.54) is 0 Å². The lowest BCUT2D eigenvalue weighted by molar-refractivity contribution is 1.61. The molecule has 0 rings (SSSR count). The molecule has 0 aromatic heterocycles. The second-order valence-corrected chi connectivity index (χ2v) is 10.9. The van der Waals surface area contributed by atoms with Crippen molar-refractivity contribution in [2.75, 3.05) is 5.88 Å². The fraction of sp³-hybridized carbons (Fsp3) is 0.500. The maximum absolute atomic E-state index is 5.54. The second-order valence-electron chi connectivity index (χ2n) is 1.45. The minimum atomic E-state index is -2.42. The van der Waals surface area contributed by atoms with Crippen LogP contribution in [0.15, 0.2) is 12.2 Å². The zero-order valence-corrected chi connectivity index (χ0v) is 8.60. The molecule has 9 heavy (non-hydrogen) atoms. The highest BCUT2D eigenvalue weighted by Gasteiger charge is 2.21. The maximum atomic E-state index is 5.54. The monoisotopic (exact) mass is 222 g/mol. The maximum Gasteiger partial charge on any atom is 0.344 e. The van der Waals surface area contributed by atoms with Gasteiger partial charge in [0.15, 0.2) is 0 Å². The molecule has 0 aliphatic heterocycles. The van der Waals surface area contributed by atoms with Gasteiger partial charge >= 0.3 is 6.00 Å². The highest BCUT2D eigenvalue weighted by atomic mass is 35.8. The van der Waals surface area contributed by atoms with Crippen LogP contribution in [0.5, 0.6) is 0 Å². The fourth-order valence-corrected chi connectivity index (χ4v) is 1.64. The Morgan fingerprint density at radius 2 is 1.67 bits per heavy atom. The lowest BCUT2D eigenvalue weighted by Gasteiger charge is -2.00. The Labute approximate surface area is 74.9 Å². The van der Waals surface area contributed by atoms with Crippen LogP contribution >= 0.6 is 44.8 Å². The van der Waals surface area contributed by atoms with Gasteiger partial charge in [0.25, 0.3) is 0 Å². The number of hydrogen-bond acceptors (Lipinski definition) is 0. The molecule has 0 bridgehead atoms. The summed E-state index contributed by atoms with van der Waals surface area (Å²) >= 11 is 22.0. The number of alkyl halides is 1. The number of hydrogen-bond donors (Lipinski definition) is 0. The first-order valence-electron chi connectivity index (χ1n) is 2.34. The van der Waals surface area contributed by atoms with E-state index in [1.54, 1.807) is 12.2 Å². The smallest absolute Gasteiger partial charge is 0.126 e. The molecule has 0 aliphatic carbocycles. The molecule has 0 saturated heterocycles. The normalized spacial score (nSPS) is 12.9. The van der Waals surface area contributed by atoms with Crippen molar-refractivity contribution in [1.29, 1.82) is 0 Å². The molecule has 0 aliphatic rings. The van der Waals surface area contributed by atoms with Gasteiger partial charge in [0.2, 0.25) is 0 Å². The summed E-state index contributed by atoms with van der Waals surface area (Å²) in [6, 6.07) is -1.88. The summed E-state index contributed by atoms with van der Waals surface area (Å²) in [5.41, 5.74) is 0. The standard InChI is InChI=1S/C4H6Cl4Si/c5-3-1-2-4-9(6,7)8/h1-2H,3-4H2/b2-1+. The van der Waals surface area contributed by atoms with Gasteiger partial charge in [0.05, 0.1) is 0 Å². The highest BCUT2D eigenvalue weighted by molar-refractivity contribution is 7.64. The Morgan fingerprint density at radius 1 is 1.11 bits per heavy atom. The molecule has 54 valence electrons. The molecule has 0 N–H and O–H groups in total. The third kappa shape index (κ3) is 9.12. The lowest BCUT2D eigenvalue weighted by Crippen LogP contribution is -2.05. The van der Waals surface area contributed by atoms with Gasteiger partial charge in [-0.1, -0.05) is 12.2 Å². The van der Waals surface area contributed by atoms with Gasteiger partial charge in [-0.05, 0) is 0 Å². The van der Waals surface area contributed by atoms with Crippen molar-refractivity contribution in [3.05, 3.63) is 12.2 Å². The van der Waals surface area contributed by atoms with Crippen molar-refractivity contribution < 1.29 is 0 Å². The van der Waals surface area contributed by atoms with Gasteiger partial charge in [0.1, 0.15) is 0 Å². The summed E-state index contributed by atoms with van der Waals surface area (Å²) in [7, 11) is 0. The minimum Gasteiger partial charge on any atom is -0.126 e. The zero-order chi connectivity index (χ0) is 7.33. The molecule has 0 atom stereocenters. The van der Waals surface area contributed by atoms with Crippen LogP contribution in [0.1, 0.15) is 0 Å².